The van der Waals surface area contributed by atoms with Crippen molar-refractivity contribution in [1.29, 1.82) is 0 Å². The predicted molar refractivity (Wildman–Crippen MR) is 104 cm³/mol. The zero-order valence-corrected chi connectivity index (χ0v) is 16.1. The van der Waals surface area contributed by atoms with Crippen LogP contribution in [-0.2, 0) is 4.79 Å². The van der Waals surface area contributed by atoms with Gasteiger partial charge in [0, 0.05) is 26.2 Å². The van der Waals surface area contributed by atoms with Crippen LogP contribution in [-0.4, -0.2) is 56.0 Å². The topological polar surface area (TPSA) is 32.8 Å². The van der Waals surface area contributed by atoms with Gasteiger partial charge >= 0.3 is 0 Å². The predicted octanol–water partition coefficient (Wildman–Crippen LogP) is 3.75. The number of likely N-dealkylation sites (N-methyl/N-ethyl adjacent to an activating group) is 1. The van der Waals surface area contributed by atoms with E-state index in [4.69, 9.17) is 4.74 Å². The lowest BCUT2D eigenvalue weighted by molar-refractivity contribution is -0.134. The summed E-state index contributed by atoms with van der Waals surface area (Å²) in [6.45, 7) is 9.56. The van der Waals surface area contributed by atoms with Gasteiger partial charge in [0.2, 0.25) is 5.91 Å². The Morgan fingerprint density at radius 1 is 1.00 bits per heavy atom. The molecule has 1 unspecified atom stereocenters. The van der Waals surface area contributed by atoms with Gasteiger partial charge in [0.15, 0.2) is 0 Å². The zero-order chi connectivity index (χ0) is 18.4. The number of benzene rings is 2. The van der Waals surface area contributed by atoms with Crippen molar-refractivity contribution in [2.24, 2.45) is 0 Å². The van der Waals surface area contributed by atoms with Crippen LogP contribution in [0.5, 0.6) is 5.75 Å². The van der Waals surface area contributed by atoms with Gasteiger partial charge in [0.25, 0.3) is 0 Å². The van der Waals surface area contributed by atoms with Gasteiger partial charge in [-0.15, -0.1) is 0 Å². The average Bonchev–Trinajstić information content (AvgIpc) is 2.68. The second-order valence-corrected chi connectivity index (χ2v) is 6.32. The monoisotopic (exact) mass is 342 g/mol. The highest BCUT2D eigenvalue weighted by Gasteiger charge is 2.24. The fraction of sp³-hybridized carbons (Fsp3) is 0.476. The number of carbonyl (C=O) groups is 1. The molecule has 1 atom stereocenters. The molecule has 4 heteroatoms. The van der Waals surface area contributed by atoms with Crippen LogP contribution in [0.25, 0.3) is 10.8 Å². The number of piperazine rings is 1. The highest BCUT2D eigenvalue weighted by atomic mass is 16.5. The fourth-order valence-corrected chi connectivity index (χ4v) is 3.08. The number of hydrogen-bond acceptors (Lipinski definition) is 3. The highest BCUT2D eigenvalue weighted by Crippen LogP contribution is 2.26. The normalized spacial score (nSPS) is 16.1. The molecule has 0 bridgehead atoms. The first-order valence-corrected chi connectivity index (χ1v) is 9.13. The summed E-state index contributed by atoms with van der Waals surface area (Å²) < 4.78 is 5.26. The quantitative estimate of drug-likeness (QED) is 0.851. The second kappa shape index (κ2) is 8.86. The van der Waals surface area contributed by atoms with E-state index in [0.717, 1.165) is 48.3 Å². The van der Waals surface area contributed by atoms with Gasteiger partial charge in [-0.25, -0.2) is 0 Å². The van der Waals surface area contributed by atoms with Crippen molar-refractivity contribution in [2.75, 3.05) is 40.3 Å². The molecule has 0 aliphatic carbocycles. The number of ether oxygens (including phenoxy) is 1. The van der Waals surface area contributed by atoms with Crippen LogP contribution in [0.1, 0.15) is 32.3 Å². The Hall–Kier alpha value is -2.07. The number of nitrogens with zero attached hydrogens (tertiary/aromatic N) is 2. The number of amides is 1. The summed E-state index contributed by atoms with van der Waals surface area (Å²) in [7, 11) is 3.77. The standard InChI is InChI=1S/C19H24N2O2.C2H6/c1-14(19(22)21-10-8-20(2)9-11-21)15-4-5-17-13-18(23-3)7-6-16(17)12-15;1-2/h4-7,12-14H,8-11H2,1-3H3;1-2H3. The molecule has 0 aromatic heterocycles. The molecule has 2 aromatic carbocycles. The molecule has 4 nitrogen and oxygen atoms in total. The van der Waals surface area contributed by atoms with E-state index in [1.807, 2.05) is 43.9 Å². The van der Waals surface area contributed by atoms with Crippen molar-refractivity contribution in [2.45, 2.75) is 26.7 Å². The Kier molecular flexibility index (Phi) is 6.82. The molecular formula is C21H30N2O2. The molecule has 1 amide bonds. The Labute approximate surface area is 151 Å². The summed E-state index contributed by atoms with van der Waals surface area (Å²) in [5.41, 5.74) is 1.08. The smallest absolute Gasteiger partial charge is 0.229 e. The summed E-state index contributed by atoms with van der Waals surface area (Å²) >= 11 is 0. The summed E-state index contributed by atoms with van der Waals surface area (Å²) in [6, 6.07) is 12.3. The van der Waals surface area contributed by atoms with Crippen LogP contribution in [0.4, 0.5) is 0 Å². The van der Waals surface area contributed by atoms with Gasteiger partial charge in [-0.05, 0) is 42.4 Å². The second-order valence-electron chi connectivity index (χ2n) is 6.32. The lowest BCUT2D eigenvalue weighted by atomic mass is 9.96. The lowest BCUT2D eigenvalue weighted by Crippen LogP contribution is -2.48. The molecule has 1 saturated heterocycles. The molecule has 0 N–H and O–H groups in total. The van der Waals surface area contributed by atoms with Crippen LogP contribution < -0.4 is 4.74 Å². The van der Waals surface area contributed by atoms with Crippen LogP contribution >= 0.6 is 0 Å². The molecule has 0 spiro atoms. The minimum absolute atomic E-state index is 0.107. The first-order valence-electron chi connectivity index (χ1n) is 9.13. The molecule has 0 radical (unpaired) electrons. The molecule has 1 aliphatic rings. The van der Waals surface area contributed by atoms with E-state index >= 15 is 0 Å². The average molecular weight is 342 g/mol. The van der Waals surface area contributed by atoms with Crippen LogP contribution in [0.2, 0.25) is 0 Å². The molecule has 2 aromatic rings. The third kappa shape index (κ3) is 4.51. The first kappa shape index (κ1) is 19.3. The molecule has 1 fully saturated rings. The largest absolute Gasteiger partial charge is 0.497 e. The van der Waals surface area contributed by atoms with Crippen molar-refractivity contribution in [3.8, 4) is 5.75 Å². The van der Waals surface area contributed by atoms with Crippen LogP contribution in [0.15, 0.2) is 36.4 Å². The Morgan fingerprint density at radius 3 is 2.24 bits per heavy atom. The van der Waals surface area contributed by atoms with Crippen molar-refractivity contribution in [3.63, 3.8) is 0 Å². The lowest BCUT2D eigenvalue weighted by Gasteiger charge is -2.34. The zero-order valence-electron chi connectivity index (χ0n) is 16.1. The minimum Gasteiger partial charge on any atom is -0.497 e. The maximum atomic E-state index is 12.7. The summed E-state index contributed by atoms with van der Waals surface area (Å²) in [5.74, 6) is 0.975. The minimum atomic E-state index is -0.107. The number of carbonyl (C=O) groups excluding carboxylic acids is 1. The van der Waals surface area contributed by atoms with Crippen molar-refractivity contribution >= 4 is 16.7 Å². The van der Waals surface area contributed by atoms with E-state index in [0.29, 0.717) is 0 Å². The SMILES string of the molecule is CC.COc1ccc2cc(C(C)C(=O)N3CCN(C)CC3)ccc2c1. The first-order chi connectivity index (χ1) is 12.1. The third-order valence-corrected chi connectivity index (χ3v) is 4.76. The Morgan fingerprint density at radius 2 is 1.60 bits per heavy atom. The summed E-state index contributed by atoms with van der Waals surface area (Å²) in [6.07, 6.45) is 0. The molecule has 136 valence electrons. The Bertz CT molecular complexity index is 706. The van der Waals surface area contributed by atoms with Gasteiger partial charge in [0.1, 0.15) is 5.75 Å². The van der Waals surface area contributed by atoms with E-state index in [9.17, 15) is 4.79 Å². The van der Waals surface area contributed by atoms with Crippen LogP contribution in [0.3, 0.4) is 0 Å². The number of hydrogen-bond donors (Lipinski definition) is 0. The Balaban J connectivity index is 0.00000109. The fourth-order valence-electron chi connectivity index (χ4n) is 3.08. The maximum Gasteiger partial charge on any atom is 0.229 e. The van der Waals surface area contributed by atoms with E-state index in [-0.39, 0.29) is 11.8 Å². The van der Waals surface area contributed by atoms with Crippen molar-refractivity contribution in [3.05, 3.63) is 42.0 Å². The molecule has 1 aliphatic heterocycles. The van der Waals surface area contributed by atoms with Gasteiger partial charge in [0.05, 0.1) is 13.0 Å². The van der Waals surface area contributed by atoms with Crippen molar-refractivity contribution in [1.82, 2.24) is 9.80 Å². The molecular weight excluding hydrogens is 312 g/mol. The van der Waals surface area contributed by atoms with Crippen LogP contribution in [0, 0.1) is 0 Å². The van der Waals surface area contributed by atoms with E-state index in [1.165, 1.54) is 0 Å². The van der Waals surface area contributed by atoms with E-state index < -0.39 is 0 Å². The van der Waals surface area contributed by atoms with Gasteiger partial charge in [-0.1, -0.05) is 38.1 Å². The molecule has 3 rings (SSSR count). The molecule has 1 heterocycles. The van der Waals surface area contributed by atoms with E-state index in [2.05, 4.69) is 30.1 Å². The van der Waals surface area contributed by atoms with Gasteiger partial charge in [-0.3, -0.25) is 4.79 Å². The van der Waals surface area contributed by atoms with Gasteiger partial charge < -0.3 is 14.5 Å². The third-order valence-electron chi connectivity index (χ3n) is 4.76. The number of rotatable bonds is 3. The maximum absolute atomic E-state index is 12.7. The van der Waals surface area contributed by atoms with E-state index in [1.54, 1.807) is 7.11 Å². The summed E-state index contributed by atoms with van der Waals surface area (Å²) in [4.78, 5) is 17.0. The summed E-state index contributed by atoms with van der Waals surface area (Å²) in [5, 5.41) is 2.27. The number of fused-ring (bicyclic) bond motifs is 1. The number of methoxy groups -OCH3 is 1. The highest BCUT2D eigenvalue weighted by molar-refractivity contribution is 5.88. The van der Waals surface area contributed by atoms with Crippen molar-refractivity contribution < 1.29 is 9.53 Å². The molecule has 25 heavy (non-hydrogen) atoms. The van der Waals surface area contributed by atoms with Gasteiger partial charge in [-0.2, -0.15) is 0 Å². The molecule has 0 saturated carbocycles.